The number of hydrogen-bond donors (Lipinski definition) is 0. The molecule has 0 saturated heterocycles. The Balaban J connectivity index is 3.30. The van der Waals surface area contributed by atoms with E-state index in [0.717, 1.165) is 12.1 Å². The summed E-state index contributed by atoms with van der Waals surface area (Å²) in [7, 11) is 0. The standard InChI is InChI=1S/C10H5Cl3F4/c11-7-3-5(4-8(12)9(7)13)6(1-2-14)10(15,16)17/h1-4,6H/b2-1-. The van der Waals surface area contributed by atoms with Gasteiger partial charge in [0.25, 0.3) is 0 Å². The van der Waals surface area contributed by atoms with Crippen LogP contribution in [0.25, 0.3) is 0 Å². The predicted octanol–water partition coefficient (Wildman–Crippen LogP) is 5.78. The first kappa shape index (κ1) is 14.6. The average molecular weight is 308 g/mol. The van der Waals surface area contributed by atoms with Crippen molar-refractivity contribution in [3.8, 4) is 0 Å². The minimum absolute atomic E-state index is 0.0396. The maximum atomic E-state index is 12.6. The van der Waals surface area contributed by atoms with Crippen LogP contribution in [0.3, 0.4) is 0 Å². The number of alkyl halides is 3. The van der Waals surface area contributed by atoms with Gasteiger partial charge in [0.15, 0.2) is 0 Å². The van der Waals surface area contributed by atoms with E-state index in [0.29, 0.717) is 6.08 Å². The van der Waals surface area contributed by atoms with Crippen molar-refractivity contribution in [1.82, 2.24) is 0 Å². The van der Waals surface area contributed by atoms with Crippen LogP contribution in [0.15, 0.2) is 24.5 Å². The Morgan fingerprint density at radius 1 is 1.06 bits per heavy atom. The molecule has 0 N–H and O–H groups in total. The van der Waals surface area contributed by atoms with Crippen LogP contribution in [0.4, 0.5) is 17.6 Å². The van der Waals surface area contributed by atoms with Crippen molar-refractivity contribution in [2.24, 2.45) is 0 Å². The highest BCUT2D eigenvalue weighted by molar-refractivity contribution is 6.48. The smallest absolute Gasteiger partial charge is 0.216 e. The van der Waals surface area contributed by atoms with E-state index in [9.17, 15) is 17.6 Å². The third-order valence-corrected chi connectivity index (χ3v) is 3.18. The van der Waals surface area contributed by atoms with E-state index in [-0.39, 0.29) is 27.0 Å². The summed E-state index contributed by atoms with van der Waals surface area (Å²) in [6.07, 6.45) is -4.44. The maximum Gasteiger partial charge on any atom is 0.399 e. The lowest BCUT2D eigenvalue weighted by atomic mass is 9.99. The highest BCUT2D eigenvalue weighted by Crippen LogP contribution is 2.40. The predicted molar refractivity (Wildman–Crippen MR) is 60.5 cm³/mol. The molecule has 0 aliphatic rings. The number of benzene rings is 1. The molecule has 0 aromatic heterocycles. The Hall–Kier alpha value is -0.450. The van der Waals surface area contributed by atoms with Crippen LogP contribution in [0, 0.1) is 0 Å². The van der Waals surface area contributed by atoms with Crippen LogP contribution in [0.1, 0.15) is 11.5 Å². The molecule has 0 saturated carbocycles. The average Bonchev–Trinajstić information content (AvgIpc) is 2.20. The minimum Gasteiger partial charge on any atom is -0.216 e. The van der Waals surface area contributed by atoms with Crippen molar-refractivity contribution in [2.45, 2.75) is 12.1 Å². The van der Waals surface area contributed by atoms with Gasteiger partial charge in [-0.3, -0.25) is 0 Å². The molecule has 0 nitrogen and oxygen atoms in total. The summed E-state index contributed by atoms with van der Waals surface area (Å²) < 4.78 is 49.8. The zero-order chi connectivity index (χ0) is 13.2. The molecule has 0 aliphatic heterocycles. The summed E-state index contributed by atoms with van der Waals surface area (Å²) >= 11 is 16.8. The number of allylic oxidation sites excluding steroid dienone is 1. The Kier molecular flexibility index (Phi) is 4.69. The Morgan fingerprint density at radius 2 is 1.53 bits per heavy atom. The van der Waals surface area contributed by atoms with Gasteiger partial charge in [0.05, 0.1) is 21.4 Å². The Labute approximate surface area is 110 Å². The molecule has 1 atom stereocenters. The van der Waals surface area contributed by atoms with Gasteiger partial charge in [-0.05, 0) is 23.8 Å². The van der Waals surface area contributed by atoms with Gasteiger partial charge < -0.3 is 0 Å². The van der Waals surface area contributed by atoms with Crippen LogP contribution in [-0.4, -0.2) is 6.18 Å². The first-order chi connectivity index (χ1) is 7.77. The number of halogens is 7. The van der Waals surface area contributed by atoms with Gasteiger partial charge in [0, 0.05) is 0 Å². The normalized spacial score (nSPS) is 14.3. The topological polar surface area (TPSA) is 0 Å². The first-order valence-electron chi connectivity index (χ1n) is 4.25. The lowest BCUT2D eigenvalue weighted by Gasteiger charge is -2.17. The summed E-state index contributed by atoms with van der Waals surface area (Å²) in [6, 6.07) is 2.02. The third kappa shape index (κ3) is 3.50. The van der Waals surface area contributed by atoms with Gasteiger partial charge in [-0.2, -0.15) is 13.2 Å². The number of rotatable bonds is 2. The fraction of sp³-hybridized carbons (Fsp3) is 0.200. The molecule has 0 aliphatic carbocycles. The van der Waals surface area contributed by atoms with Gasteiger partial charge in [-0.15, -0.1) is 0 Å². The first-order valence-corrected chi connectivity index (χ1v) is 5.38. The van der Waals surface area contributed by atoms with Gasteiger partial charge in [0.2, 0.25) is 0 Å². The molecule has 0 spiro atoms. The van der Waals surface area contributed by atoms with Crippen LogP contribution in [-0.2, 0) is 0 Å². The molecule has 0 amide bonds. The van der Waals surface area contributed by atoms with E-state index in [1.165, 1.54) is 0 Å². The molecule has 1 aromatic rings. The summed E-state index contributed by atoms with van der Waals surface area (Å²) in [5.41, 5.74) is -0.272. The van der Waals surface area contributed by atoms with Gasteiger partial charge in [-0.1, -0.05) is 34.8 Å². The third-order valence-electron chi connectivity index (χ3n) is 1.98. The van der Waals surface area contributed by atoms with Crippen LogP contribution < -0.4 is 0 Å². The molecule has 1 unspecified atom stereocenters. The van der Waals surface area contributed by atoms with Crippen molar-refractivity contribution in [1.29, 1.82) is 0 Å². The molecule has 1 aromatic carbocycles. The largest absolute Gasteiger partial charge is 0.399 e. The lowest BCUT2D eigenvalue weighted by Crippen LogP contribution is -2.18. The molecule has 1 rings (SSSR count). The number of hydrogen-bond acceptors (Lipinski definition) is 0. The van der Waals surface area contributed by atoms with Crippen molar-refractivity contribution in [2.75, 3.05) is 0 Å². The van der Waals surface area contributed by atoms with Crippen molar-refractivity contribution in [3.63, 3.8) is 0 Å². The second-order valence-electron chi connectivity index (χ2n) is 3.14. The van der Waals surface area contributed by atoms with Gasteiger partial charge >= 0.3 is 6.18 Å². The second-order valence-corrected chi connectivity index (χ2v) is 4.33. The fourth-order valence-corrected chi connectivity index (χ4v) is 1.85. The second kappa shape index (κ2) is 5.46. The van der Waals surface area contributed by atoms with Crippen molar-refractivity contribution < 1.29 is 17.6 Å². The van der Waals surface area contributed by atoms with E-state index < -0.39 is 12.1 Å². The molecule has 7 heteroatoms. The molecule has 0 bridgehead atoms. The molecule has 94 valence electrons. The summed E-state index contributed by atoms with van der Waals surface area (Å²) in [5.74, 6) is -2.11. The molecule has 0 heterocycles. The monoisotopic (exact) mass is 306 g/mol. The minimum atomic E-state index is -4.64. The van der Waals surface area contributed by atoms with Crippen molar-refractivity contribution in [3.05, 3.63) is 45.2 Å². The highest BCUT2D eigenvalue weighted by atomic mass is 35.5. The zero-order valence-electron chi connectivity index (χ0n) is 8.03. The molecular formula is C10H5Cl3F4. The molecule has 0 fully saturated rings. The van der Waals surface area contributed by atoms with E-state index in [2.05, 4.69) is 0 Å². The SMILES string of the molecule is F/C=C\C(c1cc(Cl)c(Cl)c(Cl)c1)C(F)(F)F. The van der Waals surface area contributed by atoms with Gasteiger partial charge in [-0.25, -0.2) is 4.39 Å². The summed E-state index contributed by atoms with van der Waals surface area (Å²) in [5, 5.41) is -0.270. The Bertz CT molecular complexity index is 417. The van der Waals surface area contributed by atoms with E-state index >= 15 is 0 Å². The molecule has 17 heavy (non-hydrogen) atoms. The highest BCUT2D eigenvalue weighted by Gasteiger charge is 2.39. The van der Waals surface area contributed by atoms with Gasteiger partial charge in [0.1, 0.15) is 5.92 Å². The van der Waals surface area contributed by atoms with E-state index in [1.54, 1.807) is 0 Å². The molecule has 0 radical (unpaired) electrons. The Morgan fingerprint density at radius 3 is 1.88 bits per heavy atom. The van der Waals surface area contributed by atoms with Crippen LogP contribution in [0.2, 0.25) is 15.1 Å². The maximum absolute atomic E-state index is 12.6. The van der Waals surface area contributed by atoms with Crippen molar-refractivity contribution >= 4 is 34.8 Å². The fourth-order valence-electron chi connectivity index (χ4n) is 1.24. The summed E-state index contributed by atoms with van der Waals surface area (Å²) in [4.78, 5) is 0. The van der Waals surface area contributed by atoms with Crippen LogP contribution in [0.5, 0.6) is 0 Å². The quantitative estimate of drug-likeness (QED) is 0.480. The van der Waals surface area contributed by atoms with E-state index in [4.69, 9.17) is 34.8 Å². The summed E-state index contributed by atoms with van der Waals surface area (Å²) in [6.45, 7) is 0. The molecular weight excluding hydrogens is 302 g/mol. The van der Waals surface area contributed by atoms with E-state index in [1.807, 2.05) is 0 Å². The van der Waals surface area contributed by atoms with Crippen LogP contribution >= 0.6 is 34.8 Å². The lowest BCUT2D eigenvalue weighted by molar-refractivity contribution is -0.139. The zero-order valence-corrected chi connectivity index (χ0v) is 10.3.